The van der Waals surface area contributed by atoms with Crippen LogP contribution in [0.1, 0.15) is 38.8 Å². The number of halogens is 1. The van der Waals surface area contributed by atoms with Gasteiger partial charge in [0.2, 0.25) is 5.82 Å². The molecular weight excluding hydrogens is 698 g/mol. The molecule has 0 spiro atoms. The molecule has 4 rings (SSSR count). The van der Waals surface area contributed by atoms with E-state index in [4.69, 9.17) is 0 Å². The second-order valence-electron chi connectivity index (χ2n) is 10.3. The van der Waals surface area contributed by atoms with Gasteiger partial charge in [0.05, 0.1) is 15.9 Å². The molecular formula is C34H37CoFN6O8. The van der Waals surface area contributed by atoms with Gasteiger partial charge in [0, 0.05) is 108 Å². The van der Waals surface area contributed by atoms with Crippen LogP contribution in [-0.2, 0) is 16.8 Å². The summed E-state index contributed by atoms with van der Waals surface area (Å²) >= 11 is 0. The van der Waals surface area contributed by atoms with Gasteiger partial charge in [0.1, 0.15) is 34.4 Å². The number of hydrogen-bond acceptors (Lipinski definition) is 12. The fourth-order valence-corrected chi connectivity index (χ4v) is 4.64. The van der Waals surface area contributed by atoms with Crippen molar-refractivity contribution >= 4 is 46.6 Å². The maximum atomic E-state index is 13.6. The number of rotatable bonds is 12. The maximum absolute atomic E-state index is 13.6. The normalized spacial score (nSPS) is 10.7. The van der Waals surface area contributed by atoms with Crippen LogP contribution in [0.2, 0.25) is 0 Å². The van der Waals surface area contributed by atoms with Gasteiger partial charge in [-0.1, -0.05) is 0 Å². The Bertz CT molecular complexity index is 1870. The molecule has 50 heavy (non-hydrogen) atoms. The van der Waals surface area contributed by atoms with Crippen LogP contribution in [-0.4, -0.2) is 68.9 Å². The van der Waals surface area contributed by atoms with E-state index in [1.807, 2.05) is 39.8 Å². The zero-order valence-corrected chi connectivity index (χ0v) is 28.7. The average molecular weight is 736 g/mol. The molecule has 0 saturated carbocycles. The van der Waals surface area contributed by atoms with Crippen LogP contribution in [0.25, 0.3) is 0 Å². The number of non-ortho nitro benzene ring substituents is 1. The number of benzene rings is 4. The quantitative estimate of drug-likeness (QED) is 0.0648. The summed E-state index contributed by atoms with van der Waals surface area (Å²) in [5.41, 5.74) is 1.47. The van der Waals surface area contributed by atoms with Crippen molar-refractivity contribution in [3.63, 3.8) is 0 Å². The number of aromatic hydroxyl groups is 4. The van der Waals surface area contributed by atoms with Crippen molar-refractivity contribution in [2.24, 2.45) is 9.98 Å². The molecule has 0 atom stereocenters. The Morgan fingerprint density at radius 3 is 1.50 bits per heavy atom. The molecule has 4 aromatic rings. The molecule has 4 aromatic carbocycles. The standard InChI is InChI=1S/C17H18FN3O4.C17H19N3O4.Co/c1-3-20(4-2)12-6-5-11(16(22)7-12)10-19-14-8-13(18)15(21(24)25)9-17(14)23;1-3-19(4-2)13-6-5-12(17(22)10-13)11-18-15-9-14(20(23)24)7-8-16(15)21;/h5-10,22-23H,3-4H2,1-2H3;5-11,21-22H,3-4H2,1-2H3;. The monoisotopic (exact) mass is 735 g/mol. The Morgan fingerprint density at radius 1 is 0.640 bits per heavy atom. The van der Waals surface area contributed by atoms with Crippen molar-refractivity contribution in [2.75, 3.05) is 36.0 Å². The number of nitrogens with zero attached hydrogens (tertiary/aromatic N) is 6. The number of nitro groups is 2. The minimum absolute atomic E-state index is 0. The smallest absolute Gasteiger partial charge is 0.308 e. The van der Waals surface area contributed by atoms with Gasteiger partial charge in [0.25, 0.3) is 5.69 Å². The second kappa shape index (κ2) is 18.7. The first-order valence-electron chi connectivity index (χ1n) is 15.2. The van der Waals surface area contributed by atoms with E-state index in [0.29, 0.717) is 17.2 Å². The van der Waals surface area contributed by atoms with Crippen LogP contribution in [0.15, 0.2) is 76.7 Å². The first-order chi connectivity index (χ1) is 23.3. The number of phenolic OH excluding ortho intramolecular Hbond substituents is 4. The molecule has 0 aromatic heterocycles. The number of hydrogen-bond donors (Lipinski definition) is 4. The summed E-state index contributed by atoms with van der Waals surface area (Å²) in [7, 11) is 0. The molecule has 4 N–H and O–H groups in total. The van der Waals surface area contributed by atoms with Gasteiger partial charge in [-0.15, -0.1) is 0 Å². The molecule has 267 valence electrons. The summed E-state index contributed by atoms with van der Waals surface area (Å²) in [6.45, 7) is 11.3. The number of phenols is 4. The van der Waals surface area contributed by atoms with Crippen molar-refractivity contribution in [2.45, 2.75) is 27.7 Å². The summed E-state index contributed by atoms with van der Waals surface area (Å²) in [4.78, 5) is 32.0. The molecule has 0 saturated heterocycles. The Labute approximate surface area is 298 Å². The molecule has 0 unspecified atom stereocenters. The van der Waals surface area contributed by atoms with E-state index in [2.05, 4.69) is 19.8 Å². The van der Waals surface area contributed by atoms with E-state index in [-0.39, 0.29) is 51.1 Å². The molecule has 0 aliphatic rings. The first kappa shape index (κ1) is 40.4. The van der Waals surface area contributed by atoms with Crippen LogP contribution >= 0.6 is 0 Å². The van der Waals surface area contributed by atoms with Crippen molar-refractivity contribution in [3.8, 4) is 23.0 Å². The van der Waals surface area contributed by atoms with Crippen LogP contribution in [0.3, 0.4) is 0 Å². The van der Waals surface area contributed by atoms with Gasteiger partial charge in [-0.2, -0.15) is 4.39 Å². The molecule has 0 aliphatic carbocycles. The van der Waals surface area contributed by atoms with E-state index in [9.17, 15) is 45.0 Å². The predicted molar refractivity (Wildman–Crippen MR) is 187 cm³/mol. The summed E-state index contributed by atoms with van der Waals surface area (Å²) in [6, 6.07) is 15.3. The molecule has 1 radical (unpaired) electrons. The van der Waals surface area contributed by atoms with Crippen molar-refractivity contribution in [3.05, 3.63) is 104 Å². The third kappa shape index (κ3) is 10.4. The van der Waals surface area contributed by atoms with Gasteiger partial charge >= 0.3 is 5.69 Å². The number of aliphatic imine (C=N–C) groups is 2. The SMILES string of the molecule is CCN(CC)c1ccc(C=Nc2cc(F)c([N+](=O)[O-])cc2O)c(O)c1.CCN(CC)c1ccc(C=Nc2cc([N+](=O)[O-])ccc2O)c(O)c1.[Co]. The predicted octanol–water partition coefficient (Wildman–Crippen LogP) is 7.34. The zero-order chi connectivity index (χ0) is 36.2. The van der Waals surface area contributed by atoms with Gasteiger partial charge in [0.15, 0.2) is 0 Å². The van der Waals surface area contributed by atoms with Gasteiger partial charge in [-0.25, -0.2) is 0 Å². The third-order valence-electron chi connectivity index (χ3n) is 7.38. The fourth-order valence-electron chi connectivity index (χ4n) is 4.64. The van der Waals surface area contributed by atoms with E-state index in [1.165, 1.54) is 30.6 Å². The molecule has 0 heterocycles. The van der Waals surface area contributed by atoms with Crippen molar-refractivity contribution in [1.82, 2.24) is 0 Å². The summed E-state index contributed by atoms with van der Waals surface area (Å²) in [5, 5.41) is 61.1. The third-order valence-corrected chi connectivity index (χ3v) is 7.38. The summed E-state index contributed by atoms with van der Waals surface area (Å²) in [6.07, 6.45) is 2.61. The van der Waals surface area contributed by atoms with Crippen LogP contribution in [0.5, 0.6) is 23.0 Å². The Kier molecular flexibility index (Phi) is 15.1. The summed E-state index contributed by atoms with van der Waals surface area (Å²) in [5.74, 6) is -1.76. The van der Waals surface area contributed by atoms with Gasteiger partial charge in [-0.05, 0) is 58.0 Å². The first-order valence-corrected chi connectivity index (χ1v) is 15.2. The molecule has 14 nitrogen and oxygen atoms in total. The number of nitro benzene ring substituents is 2. The van der Waals surface area contributed by atoms with Gasteiger partial charge < -0.3 is 30.2 Å². The van der Waals surface area contributed by atoms with Crippen molar-refractivity contribution < 1.29 is 51.4 Å². The topological polar surface area (TPSA) is 198 Å². The van der Waals surface area contributed by atoms with E-state index in [0.717, 1.165) is 43.6 Å². The molecule has 0 bridgehead atoms. The zero-order valence-electron chi connectivity index (χ0n) is 27.7. The minimum Gasteiger partial charge on any atom is -0.507 e. The minimum atomic E-state index is -1.10. The summed E-state index contributed by atoms with van der Waals surface area (Å²) < 4.78 is 13.6. The average Bonchev–Trinajstić information content (AvgIpc) is 3.07. The molecule has 0 fully saturated rings. The Hall–Kier alpha value is -5.74. The van der Waals surface area contributed by atoms with E-state index >= 15 is 0 Å². The Balaban J connectivity index is 0.000000340. The van der Waals surface area contributed by atoms with Crippen LogP contribution < -0.4 is 9.80 Å². The largest absolute Gasteiger partial charge is 0.507 e. The Morgan fingerprint density at radius 2 is 1.10 bits per heavy atom. The number of anilines is 2. The van der Waals surface area contributed by atoms with E-state index in [1.54, 1.807) is 24.3 Å². The molecule has 16 heteroatoms. The van der Waals surface area contributed by atoms with E-state index < -0.39 is 27.1 Å². The second-order valence-corrected chi connectivity index (χ2v) is 10.3. The maximum Gasteiger partial charge on any atom is 0.308 e. The molecule has 0 amide bonds. The van der Waals surface area contributed by atoms with Crippen molar-refractivity contribution in [1.29, 1.82) is 0 Å². The fraction of sp³-hybridized carbons (Fsp3) is 0.235. The van der Waals surface area contributed by atoms with Crippen LogP contribution in [0.4, 0.5) is 38.5 Å². The molecule has 0 aliphatic heterocycles. The van der Waals surface area contributed by atoms with Crippen LogP contribution in [0, 0.1) is 26.0 Å². The van der Waals surface area contributed by atoms with Gasteiger partial charge in [-0.3, -0.25) is 30.2 Å².